The van der Waals surface area contributed by atoms with Crippen molar-refractivity contribution in [2.75, 3.05) is 5.32 Å². The van der Waals surface area contributed by atoms with Gasteiger partial charge in [0, 0.05) is 22.5 Å². The quantitative estimate of drug-likeness (QED) is 0.602. The van der Waals surface area contributed by atoms with Gasteiger partial charge in [-0.3, -0.25) is 0 Å². The molecule has 1 aromatic heterocycles. The van der Waals surface area contributed by atoms with Gasteiger partial charge in [-0.25, -0.2) is 0 Å². The summed E-state index contributed by atoms with van der Waals surface area (Å²) < 4.78 is 5.88. The van der Waals surface area contributed by atoms with Crippen molar-refractivity contribution < 1.29 is 4.42 Å². The number of nitrogens with one attached hydrogen (secondary N) is 1. The maximum atomic E-state index is 5.88. The molecular formula is C19H23NO. The molecule has 0 radical (unpaired) electrons. The minimum atomic E-state index is 0.556. The predicted molar refractivity (Wildman–Crippen MR) is 90.9 cm³/mol. The fourth-order valence-electron chi connectivity index (χ4n) is 2.88. The van der Waals surface area contributed by atoms with Crippen LogP contribution in [0.3, 0.4) is 0 Å². The van der Waals surface area contributed by atoms with Crippen LogP contribution in [-0.4, -0.2) is 6.04 Å². The van der Waals surface area contributed by atoms with Crippen LogP contribution < -0.4 is 5.32 Å². The third kappa shape index (κ3) is 2.90. The van der Waals surface area contributed by atoms with Crippen molar-refractivity contribution in [2.45, 2.75) is 45.6 Å². The normalized spacial score (nSPS) is 12.9. The van der Waals surface area contributed by atoms with Gasteiger partial charge in [0.25, 0.3) is 0 Å². The monoisotopic (exact) mass is 281 g/mol. The summed E-state index contributed by atoms with van der Waals surface area (Å²) in [5.74, 6) is 0. The highest BCUT2D eigenvalue weighted by Crippen LogP contribution is 2.30. The molecule has 0 fully saturated rings. The highest BCUT2D eigenvalue weighted by Gasteiger charge is 2.09. The number of para-hydroxylation sites is 1. The van der Waals surface area contributed by atoms with Crippen LogP contribution in [0.2, 0.25) is 0 Å². The lowest BCUT2D eigenvalue weighted by molar-refractivity contribution is 0.593. The topological polar surface area (TPSA) is 25.2 Å². The first-order valence-corrected chi connectivity index (χ1v) is 7.99. The average molecular weight is 281 g/mol. The Hall–Kier alpha value is -1.96. The molecule has 3 aromatic rings. The number of unbranched alkanes of at least 4 members (excludes halogenated alkanes) is 1. The van der Waals surface area contributed by atoms with Gasteiger partial charge in [0.05, 0.1) is 0 Å². The lowest BCUT2D eigenvalue weighted by atomic mass is 10.1. The first-order valence-electron chi connectivity index (χ1n) is 7.99. The Labute approximate surface area is 126 Å². The van der Waals surface area contributed by atoms with Gasteiger partial charge in [0.15, 0.2) is 0 Å². The average Bonchev–Trinajstić information content (AvgIpc) is 2.89. The molecule has 0 aliphatic heterocycles. The highest BCUT2D eigenvalue weighted by atomic mass is 16.3. The molecule has 0 saturated heterocycles. The van der Waals surface area contributed by atoms with Gasteiger partial charge in [-0.1, -0.05) is 44.9 Å². The van der Waals surface area contributed by atoms with Crippen LogP contribution in [0.1, 0.15) is 39.5 Å². The summed E-state index contributed by atoms with van der Waals surface area (Å²) >= 11 is 0. The van der Waals surface area contributed by atoms with Crippen LogP contribution in [0.25, 0.3) is 21.9 Å². The third-order valence-corrected chi connectivity index (χ3v) is 4.15. The third-order valence-electron chi connectivity index (χ3n) is 4.15. The van der Waals surface area contributed by atoms with E-state index in [1.807, 2.05) is 12.1 Å². The highest BCUT2D eigenvalue weighted by molar-refractivity contribution is 6.05. The predicted octanol–water partition coefficient (Wildman–Crippen LogP) is 5.97. The van der Waals surface area contributed by atoms with Crippen molar-refractivity contribution in [1.29, 1.82) is 0 Å². The molecule has 0 aliphatic rings. The molecule has 1 N–H and O–H groups in total. The fourth-order valence-corrected chi connectivity index (χ4v) is 2.88. The number of hydrogen-bond acceptors (Lipinski definition) is 2. The second-order valence-corrected chi connectivity index (χ2v) is 5.70. The maximum Gasteiger partial charge on any atom is 0.135 e. The van der Waals surface area contributed by atoms with Gasteiger partial charge in [-0.2, -0.15) is 0 Å². The van der Waals surface area contributed by atoms with Crippen molar-refractivity contribution >= 4 is 27.6 Å². The minimum absolute atomic E-state index is 0.556. The van der Waals surface area contributed by atoms with Crippen LogP contribution in [0.4, 0.5) is 5.69 Å². The van der Waals surface area contributed by atoms with Gasteiger partial charge >= 0.3 is 0 Å². The number of anilines is 1. The number of furan rings is 1. The lowest BCUT2D eigenvalue weighted by Crippen LogP contribution is -2.18. The number of rotatable bonds is 6. The van der Waals surface area contributed by atoms with E-state index < -0.39 is 0 Å². The second-order valence-electron chi connectivity index (χ2n) is 5.70. The maximum absolute atomic E-state index is 5.88. The molecule has 1 heterocycles. The van der Waals surface area contributed by atoms with Gasteiger partial charge in [-0.15, -0.1) is 0 Å². The standard InChI is InChI=1S/C19H23NO/c1-3-5-8-14(4-2)20-15-11-12-19-17(13-15)16-9-6-7-10-18(16)21-19/h6-7,9-14,20H,3-5,8H2,1-2H3. The molecule has 0 saturated carbocycles. The lowest BCUT2D eigenvalue weighted by Gasteiger charge is -2.18. The van der Waals surface area contributed by atoms with Gasteiger partial charge in [-0.05, 0) is 37.1 Å². The van der Waals surface area contributed by atoms with Crippen molar-refractivity contribution in [1.82, 2.24) is 0 Å². The van der Waals surface area contributed by atoms with E-state index in [9.17, 15) is 0 Å². The van der Waals surface area contributed by atoms with Crippen LogP contribution in [0, 0.1) is 0 Å². The molecule has 0 spiro atoms. The Bertz CT molecular complexity index is 729. The van der Waals surface area contributed by atoms with Crippen molar-refractivity contribution in [3.63, 3.8) is 0 Å². The molecule has 1 atom stereocenters. The summed E-state index contributed by atoms with van der Waals surface area (Å²) in [7, 11) is 0. The van der Waals surface area contributed by atoms with E-state index in [0.717, 1.165) is 17.6 Å². The molecule has 21 heavy (non-hydrogen) atoms. The molecule has 2 nitrogen and oxygen atoms in total. The minimum Gasteiger partial charge on any atom is -0.456 e. The zero-order valence-electron chi connectivity index (χ0n) is 12.9. The molecular weight excluding hydrogens is 258 g/mol. The number of hydrogen-bond donors (Lipinski definition) is 1. The zero-order valence-corrected chi connectivity index (χ0v) is 12.9. The van der Waals surface area contributed by atoms with E-state index in [0.29, 0.717) is 6.04 Å². The van der Waals surface area contributed by atoms with Crippen LogP contribution in [-0.2, 0) is 0 Å². The Morgan fingerprint density at radius 3 is 2.62 bits per heavy atom. The summed E-state index contributed by atoms with van der Waals surface area (Å²) in [6, 6.07) is 15.2. The van der Waals surface area contributed by atoms with E-state index in [2.05, 4.69) is 49.5 Å². The molecule has 110 valence electrons. The Balaban J connectivity index is 1.91. The van der Waals surface area contributed by atoms with Crippen molar-refractivity contribution in [3.8, 4) is 0 Å². The van der Waals surface area contributed by atoms with E-state index in [1.54, 1.807) is 0 Å². The SMILES string of the molecule is CCCCC(CC)Nc1ccc2oc3ccccc3c2c1. The Morgan fingerprint density at radius 1 is 1.00 bits per heavy atom. The largest absolute Gasteiger partial charge is 0.456 e. The summed E-state index contributed by atoms with van der Waals surface area (Å²) in [6.45, 7) is 4.50. The van der Waals surface area contributed by atoms with Gasteiger partial charge in [0.1, 0.15) is 11.2 Å². The number of benzene rings is 2. The van der Waals surface area contributed by atoms with Crippen LogP contribution >= 0.6 is 0 Å². The molecule has 0 amide bonds. The summed E-state index contributed by atoms with van der Waals surface area (Å²) in [5, 5.41) is 6.06. The van der Waals surface area contributed by atoms with Crippen LogP contribution in [0.5, 0.6) is 0 Å². The van der Waals surface area contributed by atoms with E-state index in [-0.39, 0.29) is 0 Å². The molecule has 0 aliphatic carbocycles. The fraction of sp³-hybridized carbons (Fsp3) is 0.368. The smallest absolute Gasteiger partial charge is 0.135 e. The van der Waals surface area contributed by atoms with E-state index in [1.165, 1.54) is 35.7 Å². The first kappa shape index (κ1) is 14.0. The van der Waals surface area contributed by atoms with Gasteiger partial charge in [0.2, 0.25) is 0 Å². The molecule has 0 bridgehead atoms. The van der Waals surface area contributed by atoms with E-state index >= 15 is 0 Å². The molecule has 1 unspecified atom stereocenters. The zero-order chi connectivity index (χ0) is 14.7. The van der Waals surface area contributed by atoms with Crippen LogP contribution in [0.15, 0.2) is 46.9 Å². The van der Waals surface area contributed by atoms with Crippen molar-refractivity contribution in [3.05, 3.63) is 42.5 Å². The second kappa shape index (κ2) is 6.21. The molecule has 2 heteroatoms. The van der Waals surface area contributed by atoms with Gasteiger partial charge < -0.3 is 9.73 Å². The summed E-state index contributed by atoms with van der Waals surface area (Å²) in [6.07, 6.45) is 4.92. The summed E-state index contributed by atoms with van der Waals surface area (Å²) in [5.41, 5.74) is 3.11. The molecule has 3 rings (SSSR count). The Kier molecular flexibility index (Phi) is 4.14. The first-order chi connectivity index (χ1) is 10.3. The Morgan fingerprint density at radius 2 is 1.81 bits per heavy atom. The summed E-state index contributed by atoms with van der Waals surface area (Å²) in [4.78, 5) is 0. The number of fused-ring (bicyclic) bond motifs is 3. The molecule has 2 aromatic carbocycles. The van der Waals surface area contributed by atoms with Crippen molar-refractivity contribution in [2.24, 2.45) is 0 Å². The van der Waals surface area contributed by atoms with E-state index in [4.69, 9.17) is 4.42 Å².